The van der Waals surface area contributed by atoms with Gasteiger partial charge in [-0.15, -0.1) is 0 Å². The van der Waals surface area contributed by atoms with Crippen LogP contribution in [0.3, 0.4) is 0 Å². The average molecular weight is 244 g/mol. The summed E-state index contributed by atoms with van der Waals surface area (Å²) in [4.78, 5) is 0. The van der Waals surface area contributed by atoms with Gasteiger partial charge in [0.05, 0.1) is 17.8 Å². The molecule has 1 N–H and O–H groups in total. The molecule has 92 valence electrons. The number of halogens is 3. The van der Waals surface area contributed by atoms with Crippen molar-refractivity contribution in [3.8, 4) is 0 Å². The van der Waals surface area contributed by atoms with Crippen LogP contribution >= 0.6 is 0 Å². The molecule has 0 bridgehead atoms. The van der Waals surface area contributed by atoms with Gasteiger partial charge >= 0.3 is 6.18 Å². The normalized spacial score (nSPS) is 12.3. The third-order valence-electron chi connectivity index (χ3n) is 2.62. The summed E-state index contributed by atoms with van der Waals surface area (Å²) in [5.74, 6) is 0. The summed E-state index contributed by atoms with van der Waals surface area (Å²) in [5, 5.41) is 12.6. The molecule has 2 heterocycles. The molecule has 0 aliphatic rings. The van der Waals surface area contributed by atoms with Crippen molar-refractivity contribution >= 4 is 5.52 Å². The van der Waals surface area contributed by atoms with E-state index in [1.54, 1.807) is 12.1 Å². The highest BCUT2D eigenvalue weighted by Crippen LogP contribution is 2.30. The number of aliphatic hydroxyl groups is 1. The van der Waals surface area contributed by atoms with Crippen LogP contribution in [0.1, 0.15) is 23.9 Å². The maximum Gasteiger partial charge on any atom is 0.435 e. The Kier molecular flexibility index (Phi) is 2.82. The van der Waals surface area contributed by atoms with Crippen LogP contribution in [0.5, 0.6) is 0 Å². The molecule has 0 radical (unpaired) electrons. The van der Waals surface area contributed by atoms with Crippen LogP contribution in [-0.2, 0) is 19.2 Å². The van der Waals surface area contributed by atoms with Crippen molar-refractivity contribution in [1.29, 1.82) is 0 Å². The first-order valence-corrected chi connectivity index (χ1v) is 5.16. The van der Waals surface area contributed by atoms with Crippen molar-refractivity contribution in [2.24, 2.45) is 0 Å². The van der Waals surface area contributed by atoms with Gasteiger partial charge in [-0.2, -0.15) is 18.3 Å². The zero-order valence-corrected chi connectivity index (χ0v) is 9.12. The van der Waals surface area contributed by atoms with Gasteiger partial charge in [-0.1, -0.05) is 13.0 Å². The third kappa shape index (κ3) is 2.00. The summed E-state index contributed by atoms with van der Waals surface area (Å²) in [5.41, 5.74) is 0.567. The van der Waals surface area contributed by atoms with Crippen LogP contribution in [0.2, 0.25) is 0 Å². The molecule has 0 saturated heterocycles. The first-order chi connectivity index (χ1) is 7.97. The lowest BCUT2D eigenvalue weighted by Gasteiger charge is -2.04. The van der Waals surface area contributed by atoms with Gasteiger partial charge < -0.3 is 5.11 Å². The van der Waals surface area contributed by atoms with Crippen LogP contribution < -0.4 is 0 Å². The molecule has 0 aromatic carbocycles. The SMILES string of the molecule is CCc1ccc(CO)n2nc(C(F)(F)F)cc12. The number of aromatic nitrogens is 2. The summed E-state index contributed by atoms with van der Waals surface area (Å²) >= 11 is 0. The minimum Gasteiger partial charge on any atom is -0.390 e. The summed E-state index contributed by atoms with van der Waals surface area (Å²) < 4.78 is 38.8. The molecule has 0 unspecified atom stereocenters. The second-order valence-corrected chi connectivity index (χ2v) is 3.69. The molecule has 2 aromatic heterocycles. The van der Waals surface area contributed by atoms with Gasteiger partial charge in [0.25, 0.3) is 0 Å². The highest BCUT2D eigenvalue weighted by Gasteiger charge is 2.34. The van der Waals surface area contributed by atoms with E-state index in [1.807, 2.05) is 6.92 Å². The zero-order valence-electron chi connectivity index (χ0n) is 9.12. The number of pyridine rings is 1. The van der Waals surface area contributed by atoms with E-state index in [0.717, 1.165) is 16.1 Å². The van der Waals surface area contributed by atoms with Gasteiger partial charge in [0.15, 0.2) is 5.69 Å². The molecule has 17 heavy (non-hydrogen) atoms. The number of nitrogens with zero attached hydrogens (tertiary/aromatic N) is 2. The number of hydrogen-bond acceptors (Lipinski definition) is 2. The average Bonchev–Trinajstić information content (AvgIpc) is 2.72. The number of hydrogen-bond donors (Lipinski definition) is 1. The summed E-state index contributed by atoms with van der Waals surface area (Å²) in [6, 6.07) is 4.31. The van der Waals surface area contributed by atoms with Crippen molar-refractivity contribution in [1.82, 2.24) is 9.61 Å². The third-order valence-corrected chi connectivity index (χ3v) is 2.62. The monoisotopic (exact) mass is 244 g/mol. The van der Waals surface area contributed by atoms with Gasteiger partial charge in [-0.3, -0.25) is 0 Å². The molecule has 0 spiro atoms. The van der Waals surface area contributed by atoms with Crippen molar-refractivity contribution in [2.75, 3.05) is 0 Å². The number of alkyl halides is 3. The first kappa shape index (κ1) is 11.9. The Morgan fingerprint density at radius 1 is 1.35 bits per heavy atom. The predicted octanol–water partition coefficient (Wildman–Crippen LogP) is 2.41. The van der Waals surface area contributed by atoms with Crippen LogP contribution in [0.4, 0.5) is 13.2 Å². The largest absolute Gasteiger partial charge is 0.435 e. The van der Waals surface area contributed by atoms with Crippen molar-refractivity contribution < 1.29 is 18.3 Å². The van der Waals surface area contributed by atoms with E-state index in [2.05, 4.69) is 5.10 Å². The van der Waals surface area contributed by atoms with E-state index in [0.29, 0.717) is 17.6 Å². The topological polar surface area (TPSA) is 37.5 Å². The molecule has 0 fully saturated rings. The van der Waals surface area contributed by atoms with E-state index in [-0.39, 0.29) is 6.61 Å². The number of aryl methyl sites for hydroxylation is 1. The lowest BCUT2D eigenvalue weighted by atomic mass is 10.1. The van der Waals surface area contributed by atoms with Gasteiger partial charge in [0.1, 0.15) is 0 Å². The molecular weight excluding hydrogens is 233 g/mol. The molecule has 0 saturated carbocycles. The van der Waals surface area contributed by atoms with E-state index >= 15 is 0 Å². The van der Waals surface area contributed by atoms with E-state index in [1.165, 1.54) is 0 Å². The molecule has 0 aliphatic heterocycles. The van der Waals surface area contributed by atoms with Crippen LogP contribution in [0.25, 0.3) is 5.52 Å². The Morgan fingerprint density at radius 2 is 2.06 bits per heavy atom. The molecule has 2 aromatic rings. The van der Waals surface area contributed by atoms with Gasteiger partial charge in [-0.05, 0) is 24.1 Å². The fourth-order valence-electron chi connectivity index (χ4n) is 1.74. The highest BCUT2D eigenvalue weighted by molar-refractivity contribution is 5.56. The summed E-state index contributed by atoms with van der Waals surface area (Å²) in [6.07, 6.45) is -3.86. The standard InChI is InChI=1S/C11H11F3N2O/c1-2-7-3-4-8(6-17)16-9(7)5-10(15-16)11(12,13)14/h3-5,17H,2,6H2,1H3. The van der Waals surface area contributed by atoms with E-state index < -0.39 is 11.9 Å². The van der Waals surface area contributed by atoms with Crippen LogP contribution in [-0.4, -0.2) is 14.7 Å². The second-order valence-electron chi connectivity index (χ2n) is 3.69. The molecule has 3 nitrogen and oxygen atoms in total. The van der Waals surface area contributed by atoms with Crippen molar-refractivity contribution in [2.45, 2.75) is 26.1 Å². The molecule has 2 rings (SSSR count). The number of fused-ring (bicyclic) bond motifs is 1. The minimum absolute atomic E-state index is 0.340. The second kappa shape index (κ2) is 4.03. The predicted molar refractivity (Wildman–Crippen MR) is 55.5 cm³/mol. The maximum absolute atomic E-state index is 12.6. The summed E-state index contributed by atoms with van der Waals surface area (Å²) in [6.45, 7) is 1.51. The van der Waals surface area contributed by atoms with E-state index in [4.69, 9.17) is 5.11 Å². The first-order valence-electron chi connectivity index (χ1n) is 5.16. The number of aliphatic hydroxyl groups excluding tert-OH is 1. The van der Waals surface area contributed by atoms with Crippen molar-refractivity contribution in [3.63, 3.8) is 0 Å². The minimum atomic E-state index is -4.47. The smallest absolute Gasteiger partial charge is 0.390 e. The van der Waals surface area contributed by atoms with Crippen LogP contribution in [0.15, 0.2) is 18.2 Å². The fraction of sp³-hybridized carbons (Fsp3) is 0.364. The van der Waals surface area contributed by atoms with Crippen molar-refractivity contribution in [3.05, 3.63) is 35.2 Å². The highest BCUT2D eigenvalue weighted by atomic mass is 19.4. The van der Waals surface area contributed by atoms with Crippen LogP contribution in [0, 0.1) is 0 Å². The quantitative estimate of drug-likeness (QED) is 0.880. The molecule has 0 amide bonds. The Hall–Kier alpha value is -1.56. The Labute approximate surface area is 95.5 Å². The molecule has 6 heteroatoms. The van der Waals surface area contributed by atoms with Gasteiger partial charge in [0.2, 0.25) is 0 Å². The number of rotatable bonds is 2. The maximum atomic E-state index is 12.6. The molecular formula is C11H11F3N2O. The fourth-order valence-corrected chi connectivity index (χ4v) is 1.74. The van der Waals surface area contributed by atoms with Gasteiger partial charge in [0, 0.05) is 0 Å². The Bertz CT molecular complexity index is 504. The zero-order chi connectivity index (χ0) is 12.6. The Morgan fingerprint density at radius 3 is 2.59 bits per heavy atom. The Balaban J connectivity index is 2.72. The lowest BCUT2D eigenvalue weighted by Crippen LogP contribution is -2.07. The lowest BCUT2D eigenvalue weighted by molar-refractivity contribution is -0.141. The van der Waals surface area contributed by atoms with Gasteiger partial charge in [-0.25, -0.2) is 4.52 Å². The van der Waals surface area contributed by atoms with E-state index in [9.17, 15) is 13.2 Å². The summed E-state index contributed by atoms with van der Waals surface area (Å²) in [7, 11) is 0. The molecule has 0 atom stereocenters. The molecule has 0 aliphatic carbocycles.